The van der Waals surface area contributed by atoms with Crippen LogP contribution in [0.25, 0.3) is 0 Å². The Hall–Kier alpha value is -1.46. The lowest BCUT2D eigenvalue weighted by Gasteiger charge is -2.16. The van der Waals surface area contributed by atoms with Gasteiger partial charge in [0, 0.05) is 12.6 Å². The summed E-state index contributed by atoms with van der Waals surface area (Å²) >= 11 is 6.12. The molecule has 0 radical (unpaired) electrons. The number of hydrogen-bond acceptors (Lipinski definition) is 3. The zero-order valence-corrected chi connectivity index (χ0v) is 13.5. The molecule has 5 nitrogen and oxygen atoms in total. The number of amides is 2. The molecule has 21 heavy (non-hydrogen) atoms. The molecule has 0 aliphatic rings. The molecule has 0 saturated heterocycles. The number of ether oxygens (including phenoxy) is 2. The average Bonchev–Trinajstić information content (AvgIpc) is 2.45. The molecule has 0 spiro atoms. The maximum atomic E-state index is 11.9. The van der Waals surface area contributed by atoms with Crippen LogP contribution in [0, 0.1) is 0 Å². The fourth-order valence-corrected chi connectivity index (χ4v) is 1.81. The minimum Gasteiger partial charge on any atom is -0.487 e. The summed E-state index contributed by atoms with van der Waals surface area (Å²) in [5.41, 5.74) is 0.541. The highest BCUT2D eigenvalue weighted by Gasteiger charge is 2.12. The van der Waals surface area contributed by atoms with Gasteiger partial charge in [0.05, 0.1) is 17.3 Å². The van der Waals surface area contributed by atoms with Crippen molar-refractivity contribution in [2.45, 2.75) is 33.2 Å². The Bertz CT molecular complexity index is 455. The number of halogens is 1. The summed E-state index contributed by atoms with van der Waals surface area (Å²) in [7, 11) is 0. The van der Waals surface area contributed by atoms with Gasteiger partial charge in [-0.1, -0.05) is 24.6 Å². The van der Waals surface area contributed by atoms with Gasteiger partial charge in [-0.05, 0) is 32.4 Å². The van der Waals surface area contributed by atoms with E-state index in [1.54, 1.807) is 18.2 Å². The topological polar surface area (TPSA) is 59.6 Å². The van der Waals surface area contributed by atoms with E-state index in [1.807, 2.05) is 20.8 Å². The molecule has 2 N–H and O–H groups in total. The normalized spacial score (nSPS) is 11.8. The number of carbonyl (C=O) groups is 1. The molecule has 0 bridgehead atoms. The molecule has 0 aromatic heterocycles. The van der Waals surface area contributed by atoms with Crippen molar-refractivity contribution >= 4 is 23.3 Å². The van der Waals surface area contributed by atoms with Gasteiger partial charge >= 0.3 is 6.03 Å². The van der Waals surface area contributed by atoms with Gasteiger partial charge in [0.1, 0.15) is 6.61 Å². The number of rotatable bonds is 8. The average molecular weight is 315 g/mol. The number of urea groups is 1. The zero-order valence-electron chi connectivity index (χ0n) is 12.7. The van der Waals surface area contributed by atoms with Gasteiger partial charge in [-0.25, -0.2) is 4.79 Å². The standard InChI is InChI=1S/C15H23ClN2O3/c1-4-11(3)17-15(19)18-13-8-6-7-12(16)14(13)21-10-9-20-5-2/h6-8,11H,4-5,9-10H2,1-3H3,(H2,17,18,19). The third kappa shape index (κ3) is 6.23. The van der Waals surface area contributed by atoms with Crippen molar-refractivity contribution in [2.75, 3.05) is 25.1 Å². The highest BCUT2D eigenvalue weighted by atomic mass is 35.5. The summed E-state index contributed by atoms with van der Waals surface area (Å²) in [6.45, 7) is 7.35. The van der Waals surface area contributed by atoms with Crippen LogP contribution in [0.3, 0.4) is 0 Å². The van der Waals surface area contributed by atoms with Gasteiger partial charge in [-0.2, -0.15) is 0 Å². The van der Waals surface area contributed by atoms with Gasteiger partial charge in [0.25, 0.3) is 0 Å². The Morgan fingerprint density at radius 2 is 2.10 bits per heavy atom. The van der Waals surface area contributed by atoms with Crippen molar-refractivity contribution < 1.29 is 14.3 Å². The van der Waals surface area contributed by atoms with E-state index in [0.29, 0.717) is 36.3 Å². The van der Waals surface area contributed by atoms with Crippen LogP contribution in [-0.2, 0) is 4.74 Å². The second-order valence-electron chi connectivity index (χ2n) is 4.57. The molecule has 1 rings (SSSR count). The first kappa shape index (κ1) is 17.6. The number of nitrogens with one attached hydrogen (secondary N) is 2. The Labute approximate surface area is 131 Å². The predicted molar refractivity (Wildman–Crippen MR) is 85.3 cm³/mol. The molecule has 0 aliphatic heterocycles. The third-order valence-electron chi connectivity index (χ3n) is 2.88. The van der Waals surface area contributed by atoms with Gasteiger partial charge in [-0.15, -0.1) is 0 Å². The second kappa shape index (κ2) is 9.47. The molecular weight excluding hydrogens is 292 g/mol. The Morgan fingerprint density at radius 3 is 2.76 bits per heavy atom. The molecule has 2 amide bonds. The zero-order chi connectivity index (χ0) is 15.7. The summed E-state index contributed by atoms with van der Waals surface area (Å²) < 4.78 is 10.8. The van der Waals surface area contributed by atoms with Crippen LogP contribution >= 0.6 is 11.6 Å². The van der Waals surface area contributed by atoms with Crippen LogP contribution in [0.2, 0.25) is 5.02 Å². The number of benzene rings is 1. The molecule has 0 saturated carbocycles. The third-order valence-corrected chi connectivity index (χ3v) is 3.18. The monoisotopic (exact) mass is 314 g/mol. The lowest BCUT2D eigenvalue weighted by Crippen LogP contribution is -2.35. The quantitative estimate of drug-likeness (QED) is 0.720. The maximum absolute atomic E-state index is 11.9. The van der Waals surface area contributed by atoms with Crippen molar-refractivity contribution in [3.63, 3.8) is 0 Å². The minimum atomic E-state index is -0.277. The first-order chi connectivity index (χ1) is 10.1. The summed E-state index contributed by atoms with van der Waals surface area (Å²) in [5, 5.41) is 6.04. The van der Waals surface area contributed by atoms with Crippen molar-refractivity contribution in [1.82, 2.24) is 5.32 Å². The highest BCUT2D eigenvalue weighted by Crippen LogP contribution is 2.32. The van der Waals surface area contributed by atoms with Crippen molar-refractivity contribution in [3.05, 3.63) is 23.2 Å². The van der Waals surface area contributed by atoms with E-state index in [2.05, 4.69) is 10.6 Å². The van der Waals surface area contributed by atoms with Crippen LogP contribution in [-0.4, -0.2) is 31.9 Å². The summed E-state index contributed by atoms with van der Waals surface area (Å²) in [5.74, 6) is 0.457. The lowest BCUT2D eigenvalue weighted by atomic mass is 10.2. The lowest BCUT2D eigenvalue weighted by molar-refractivity contribution is 0.110. The van der Waals surface area contributed by atoms with Crippen molar-refractivity contribution in [1.29, 1.82) is 0 Å². The maximum Gasteiger partial charge on any atom is 0.319 e. The van der Waals surface area contributed by atoms with E-state index in [1.165, 1.54) is 0 Å². The van der Waals surface area contributed by atoms with Crippen molar-refractivity contribution in [2.24, 2.45) is 0 Å². The number of para-hydroxylation sites is 1. The molecule has 1 atom stereocenters. The van der Waals surface area contributed by atoms with Crippen LogP contribution in [0.1, 0.15) is 27.2 Å². The summed E-state index contributed by atoms with van der Waals surface area (Å²) in [6.07, 6.45) is 0.862. The van der Waals surface area contributed by atoms with Crippen LogP contribution in [0.4, 0.5) is 10.5 Å². The van der Waals surface area contributed by atoms with E-state index in [4.69, 9.17) is 21.1 Å². The van der Waals surface area contributed by atoms with Gasteiger partial charge < -0.3 is 20.1 Å². The van der Waals surface area contributed by atoms with Gasteiger partial charge in [0.2, 0.25) is 0 Å². The molecule has 1 aromatic rings. The molecule has 118 valence electrons. The molecule has 1 aromatic carbocycles. The van der Waals surface area contributed by atoms with Crippen LogP contribution in [0.15, 0.2) is 18.2 Å². The molecular formula is C15H23ClN2O3. The fourth-order valence-electron chi connectivity index (χ4n) is 1.59. The van der Waals surface area contributed by atoms with Gasteiger partial charge in [-0.3, -0.25) is 0 Å². The first-order valence-corrected chi connectivity index (χ1v) is 7.52. The Morgan fingerprint density at radius 1 is 1.33 bits per heavy atom. The minimum absolute atomic E-state index is 0.103. The smallest absolute Gasteiger partial charge is 0.319 e. The van der Waals surface area contributed by atoms with Crippen molar-refractivity contribution in [3.8, 4) is 5.75 Å². The van der Waals surface area contributed by atoms with E-state index in [0.717, 1.165) is 6.42 Å². The first-order valence-electron chi connectivity index (χ1n) is 7.15. The largest absolute Gasteiger partial charge is 0.487 e. The fraction of sp³-hybridized carbons (Fsp3) is 0.533. The van der Waals surface area contributed by atoms with E-state index >= 15 is 0 Å². The molecule has 0 heterocycles. The molecule has 0 aliphatic carbocycles. The molecule has 0 fully saturated rings. The Balaban J connectivity index is 2.68. The van der Waals surface area contributed by atoms with Gasteiger partial charge in [0.15, 0.2) is 5.75 Å². The van der Waals surface area contributed by atoms with E-state index < -0.39 is 0 Å². The Kier molecular flexibility index (Phi) is 7.93. The number of carbonyl (C=O) groups excluding carboxylic acids is 1. The summed E-state index contributed by atoms with van der Waals surface area (Å²) in [4.78, 5) is 11.9. The molecule has 6 heteroatoms. The SMILES string of the molecule is CCOCCOc1c(Cl)cccc1NC(=O)NC(C)CC. The number of anilines is 1. The highest BCUT2D eigenvalue weighted by molar-refractivity contribution is 6.32. The van der Waals surface area contributed by atoms with E-state index in [9.17, 15) is 4.79 Å². The van der Waals surface area contributed by atoms with Crippen LogP contribution < -0.4 is 15.4 Å². The van der Waals surface area contributed by atoms with E-state index in [-0.39, 0.29) is 12.1 Å². The summed E-state index contributed by atoms with van der Waals surface area (Å²) in [6, 6.07) is 5.05. The second-order valence-corrected chi connectivity index (χ2v) is 4.98. The van der Waals surface area contributed by atoms with Crippen LogP contribution in [0.5, 0.6) is 5.75 Å². The number of hydrogen-bond donors (Lipinski definition) is 2. The predicted octanol–water partition coefficient (Wildman–Crippen LogP) is 3.68. The molecule has 1 unspecified atom stereocenters.